The summed E-state index contributed by atoms with van der Waals surface area (Å²) in [5.74, 6) is -1.48. The zero-order valence-corrected chi connectivity index (χ0v) is 12.0. The quantitative estimate of drug-likeness (QED) is 0.338. The van der Waals surface area contributed by atoms with Gasteiger partial charge in [-0.3, -0.25) is 4.79 Å². The van der Waals surface area contributed by atoms with E-state index in [4.69, 9.17) is 22.5 Å². The molecule has 0 aliphatic carbocycles. The topological polar surface area (TPSA) is 87.7 Å². The number of hydrogen-bond acceptors (Lipinski definition) is 3. The van der Waals surface area contributed by atoms with E-state index < -0.39 is 17.3 Å². The molecule has 5 nitrogen and oxygen atoms in total. The van der Waals surface area contributed by atoms with E-state index >= 15 is 0 Å². The predicted octanol–water partition coefficient (Wildman–Crippen LogP) is 2.51. The van der Waals surface area contributed by atoms with Crippen molar-refractivity contribution < 1.29 is 14.4 Å². The maximum Gasteiger partial charge on any atom is 0.255 e. The Morgan fingerprint density at radius 2 is 2.10 bits per heavy atom. The number of oxime groups is 1. The van der Waals surface area contributed by atoms with Gasteiger partial charge < -0.3 is 16.3 Å². The Hall–Kier alpha value is -1.82. The van der Waals surface area contributed by atoms with Crippen LogP contribution in [0.2, 0.25) is 5.02 Å². The fraction of sp³-hybridized carbons (Fsp3) is 0.385. The highest BCUT2D eigenvalue weighted by Gasteiger charge is 2.34. The largest absolute Gasteiger partial charge is 0.409 e. The molecule has 20 heavy (non-hydrogen) atoms. The monoisotopic (exact) mass is 301 g/mol. The van der Waals surface area contributed by atoms with Crippen molar-refractivity contribution in [3.8, 4) is 0 Å². The van der Waals surface area contributed by atoms with Crippen LogP contribution in [0.5, 0.6) is 0 Å². The van der Waals surface area contributed by atoms with Crippen molar-refractivity contribution in [2.45, 2.75) is 32.2 Å². The molecule has 0 heterocycles. The first kappa shape index (κ1) is 16.2. The fourth-order valence-corrected chi connectivity index (χ4v) is 2.08. The second-order valence-corrected chi connectivity index (χ2v) is 4.79. The van der Waals surface area contributed by atoms with E-state index in [1.807, 2.05) is 0 Å². The molecule has 0 aliphatic rings. The third-order valence-electron chi connectivity index (χ3n) is 3.33. The van der Waals surface area contributed by atoms with Crippen molar-refractivity contribution in [1.29, 1.82) is 0 Å². The molecule has 1 aromatic carbocycles. The minimum absolute atomic E-state index is 0.127. The molecule has 0 saturated carbocycles. The van der Waals surface area contributed by atoms with E-state index in [0.717, 1.165) is 6.07 Å². The zero-order valence-electron chi connectivity index (χ0n) is 11.3. The number of amides is 1. The van der Waals surface area contributed by atoms with Crippen molar-refractivity contribution >= 4 is 23.3 Å². The highest BCUT2D eigenvalue weighted by molar-refractivity contribution is 6.31. The van der Waals surface area contributed by atoms with E-state index in [-0.39, 0.29) is 16.4 Å². The maximum atomic E-state index is 13.7. The van der Waals surface area contributed by atoms with Gasteiger partial charge in [-0.15, -0.1) is 0 Å². The van der Waals surface area contributed by atoms with Crippen LogP contribution in [0.25, 0.3) is 0 Å². The number of halogens is 2. The van der Waals surface area contributed by atoms with E-state index in [1.165, 1.54) is 12.1 Å². The standard InChI is InChI=1S/C13H17ClFN3O2/c1-3-13(4-2,12(16)18-20)17-11(19)9-7-8(14)5-6-10(9)15/h5-7,20H,3-4H2,1-2H3,(H2,16,18)(H,17,19). The van der Waals surface area contributed by atoms with Crippen LogP contribution < -0.4 is 11.1 Å². The number of amidine groups is 1. The van der Waals surface area contributed by atoms with Crippen LogP contribution in [0, 0.1) is 5.82 Å². The van der Waals surface area contributed by atoms with Crippen LogP contribution >= 0.6 is 11.6 Å². The number of rotatable bonds is 5. The summed E-state index contributed by atoms with van der Waals surface area (Å²) < 4.78 is 13.7. The van der Waals surface area contributed by atoms with Gasteiger partial charge in [0.1, 0.15) is 11.4 Å². The molecule has 0 saturated heterocycles. The number of carbonyl (C=O) groups is 1. The summed E-state index contributed by atoms with van der Waals surface area (Å²) in [5.41, 5.74) is 4.42. The molecule has 0 unspecified atom stereocenters. The first-order chi connectivity index (χ1) is 9.40. The minimum Gasteiger partial charge on any atom is -0.409 e. The molecule has 1 amide bonds. The Kier molecular flexibility index (Phi) is 5.33. The molecule has 7 heteroatoms. The molecule has 110 valence electrons. The van der Waals surface area contributed by atoms with Gasteiger partial charge in [-0.2, -0.15) is 0 Å². The Balaban J connectivity index is 3.12. The molecular weight excluding hydrogens is 285 g/mol. The highest BCUT2D eigenvalue weighted by atomic mass is 35.5. The number of nitrogens with one attached hydrogen (secondary N) is 1. The smallest absolute Gasteiger partial charge is 0.255 e. The van der Waals surface area contributed by atoms with Crippen molar-refractivity contribution in [1.82, 2.24) is 5.32 Å². The van der Waals surface area contributed by atoms with Gasteiger partial charge in [-0.1, -0.05) is 30.6 Å². The number of benzene rings is 1. The van der Waals surface area contributed by atoms with Crippen LogP contribution in [0.15, 0.2) is 23.4 Å². The third-order valence-corrected chi connectivity index (χ3v) is 3.57. The molecule has 0 aromatic heterocycles. The second-order valence-electron chi connectivity index (χ2n) is 4.35. The molecule has 0 radical (unpaired) electrons. The lowest BCUT2D eigenvalue weighted by molar-refractivity contribution is 0.0913. The van der Waals surface area contributed by atoms with Gasteiger partial charge in [0.15, 0.2) is 5.84 Å². The summed E-state index contributed by atoms with van der Waals surface area (Å²) in [6.45, 7) is 3.55. The van der Waals surface area contributed by atoms with Crippen molar-refractivity contribution in [3.05, 3.63) is 34.6 Å². The molecule has 0 atom stereocenters. The van der Waals surface area contributed by atoms with Crippen LogP contribution in [0.4, 0.5) is 4.39 Å². The summed E-state index contributed by atoms with van der Waals surface area (Å²) in [5, 5.41) is 14.6. The van der Waals surface area contributed by atoms with Gasteiger partial charge in [-0.05, 0) is 31.0 Å². The van der Waals surface area contributed by atoms with Crippen molar-refractivity contribution in [3.63, 3.8) is 0 Å². The van der Waals surface area contributed by atoms with Gasteiger partial charge in [0.05, 0.1) is 5.56 Å². The number of hydrogen-bond donors (Lipinski definition) is 3. The molecule has 4 N–H and O–H groups in total. The number of nitrogens with zero attached hydrogens (tertiary/aromatic N) is 1. The fourth-order valence-electron chi connectivity index (χ4n) is 1.90. The summed E-state index contributed by atoms with van der Waals surface area (Å²) in [6, 6.07) is 3.69. The lowest BCUT2D eigenvalue weighted by Gasteiger charge is -2.31. The molecule has 1 aromatic rings. The Bertz CT molecular complexity index is 530. The summed E-state index contributed by atoms with van der Waals surface area (Å²) in [7, 11) is 0. The van der Waals surface area contributed by atoms with Gasteiger partial charge in [0, 0.05) is 5.02 Å². The maximum absolute atomic E-state index is 13.7. The molecule has 1 rings (SSSR count). The second kappa shape index (κ2) is 6.56. The third kappa shape index (κ3) is 3.19. The first-order valence-electron chi connectivity index (χ1n) is 6.15. The Morgan fingerprint density at radius 1 is 1.50 bits per heavy atom. The van der Waals surface area contributed by atoms with E-state index in [2.05, 4.69) is 10.5 Å². The summed E-state index contributed by atoms with van der Waals surface area (Å²) >= 11 is 5.75. The van der Waals surface area contributed by atoms with E-state index in [9.17, 15) is 9.18 Å². The van der Waals surface area contributed by atoms with E-state index in [0.29, 0.717) is 12.8 Å². The van der Waals surface area contributed by atoms with Gasteiger partial charge in [-0.25, -0.2) is 4.39 Å². The normalized spacial score (nSPS) is 12.3. The van der Waals surface area contributed by atoms with Crippen LogP contribution in [-0.4, -0.2) is 22.5 Å². The Labute approximate surface area is 121 Å². The number of carbonyl (C=O) groups excluding carboxylic acids is 1. The lowest BCUT2D eigenvalue weighted by atomic mass is 9.91. The SMILES string of the molecule is CCC(CC)(NC(=O)c1cc(Cl)ccc1F)/C(N)=N/O. The highest BCUT2D eigenvalue weighted by Crippen LogP contribution is 2.19. The predicted molar refractivity (Wildman–Crippen MR) is 75.6 cm³/mol. The van der Waals surface area contributed by atoms with Crippen molar-refractivity contribution in [2.75, 3.05) is 0 Å². The van der Waals surface area contributed by atoms with E-state index in [1.54, 1.807) is 13.8 Å². The lowest BCUT2D eigenvalue weighted by Crippen LogP contribution is -2.57. The average molecular weight is 302 g/mol. The van der Waals surface area contributed by atoms with Crippen LogP contribution in [-0.2, 0) is 0 Å². The van der Waals surface area contributed by atoms with Gasteiger partial charge in [0.2, 0.25) is 0 Å². The first-order valence-corrected chi connectivity index (χ1v) is 6.53. The van der Waals surface area contributed by atoms with Crippen LogP contribution in [0.3, 0.4) is 0 Å². The molecule has 0 spiro atoms. The average Bonchev–Trinajstić information content (AvgIpc) is 2.46. The zero-order chi connectivity index (χ0) is 15.3. The van der Waals surface area contributed by atoms with Gasteiger partial charge in [0.25, 0.3) is 5.91 Å². The van der Waals surface area contributed by atoms with Crippen LogP contribution in [0.1, 0.15) is 37.0 Å². The summed E-state index contributed by atoms with van der Waals surface area (Å²) in [4.78, 5) is 12.2. The summed E-state index contributed by atoms with van der Waals surface area (Å²) in [6.07, 6.45) is 0.792. The number of nitrogens with two attached hydrogens (primary N) is 1. The Morgan fingerprint density at radius 3 is 2.60 bits per heavy atom. The molecule has 0 fully saturated rings. The van der Waals surface area contributed by atoms with Crippen molar-refractivity contribution in [2.24, 2.45) is 10.9 Å². The molecule has 0 aliphatic heterocycles. The van der Waals surface area contributed by atoms with Gasteiger partial charge >= 0.3 is 0 Å². The minimum atomic E-state index is -1.03. The molecular formula is C13H17ClFN3O2. The molecule has 0 bridgehead atoms.